The SMILES string of the molecule is Cc1nc(N)ccc1CNC(=O)[C@@H]1CCc2cnc(NC[C@H](c3ccccn3)c3cccc4ccccc34)c(=O)n21.Cl.Cl.Cl. The second kappa shape index (κ2) is 15.0. The van der Waals surface area contributed by atoms with E-state index in [9.17, 15) is 9.59 Å². The van der Waals surface area contributed by atoms with Gasteiger partial charge in [0.2, 0.25) is 5.91 Å². The number of aryl methyl sites for hydroxylation is 2. The van der Waals surface area contributed by atoms with E-state index in [4.69, 9.17) is 5.73 Å². The predicted molar refractivity (Wildman–Crippen MR) is 181 cm³/mol. The number of benzene rings is 2. The van der Waals surface area contributed by atoms with Crippen LogP contribution in [0.25, 0.3) is 10.8 Å². The Morgan fingerprint density at radius 2 is 1.77 bits per heavy atom. The Labute approximate surface area is 274 Å². The summed E-state index contributed by atoms with van der Waals surface area (Å²) in [5, 5.41) is 8.54. The van der Waals surface area contributed by atoms with E-state index in [1.54, 1.807) is 23.0 Å². The van der Waals surface area contributed by atoms with Crippen LogP contribution in [0.3, 0.4) is 0 Å². The number of nitrogens with one attached hydrogen (secondary N) is 2. The molecule has 1 amide bonds. The number of nitrogen functional groups attached to an aromatic ring is 1. The molecular formula is C32H34Cl3N7O2. The number of nitrogens with zero attached hydrogens (tertiary/aromatic N) is 4. The minimum Gasteiger partial charge on any atom is -0.384 e. The second-order valence-corrected chi connectivity index (χ2v) is 10.3. The molecule has 12 heteroatoms. The topological polar surface area (TPSA) is 128 Å². The number of pyridine rings is 2. The monoisotopic (exact) mass is 653 g/mol. The smallest absolute Gasteiger partial charge is 0.294 e. The van der Waals surface area contributed by atoms with E-state index in [1.807, 2.05) is 49.4 Å². The fourth-order valence-corrected chi connectivity index (χ4v) is 5.62. The number of nitrogens with two attached hydrogens (primary N) is 1. The van der Waals surface area contributed by atoms with Gasteiger partial charge in [-0.3, -0.25) is 19.1 Å². The number of fused-ring (bicyclic) bond motifs is 2. The fourth-order valence-electron chi connectivity index (χ4n) is 5.62. The molecule has 2 aromatic carbocycles. The maximum atomic E-state index is 13.7. The summed E-state index contributed by atoms with van der Waals surface area (Å²) >= 11 is 0. The molecule has 0 fully saturated rings. The Bertz CT molecular complexity index is 1800. The summed E-state index contributed by atoms with van der Waals surface area (Å²) in [6.45, 7) is 2.58. The summed E-state index contributed by atoms with van der Waals surface area (Å²) in [6, 6.07) is 23.3. The molecule has 1 aliphatic heterocycles. The number of amides is 1. The molecule has 230 valence electrons. The molecule has 1 aliphatic rings. The maximum absolute atomic E-state index is 13.7. The van der Waals surface area contributed by atoms with Crippen molar-refractivity contribution in [3.05, 3.63) is 124 Å². The highest BCUT2D eigenvalue weighted by molar-refractivity contribution is 5.87. The first-order valence-corrected chi connectivity index (χ1v) is 13.7. The molecule has 0 spiro atoms. The number of aromatic nitrogens is 4. The molecule has 44 heavy (non-hydrogen) atoms. The standard InChI is InChI=1S/C32H31N7O2.3ClH/c1-20-22(12-15-29(33)38-20)17-37-31(40)28-14-13-23-18-35-30(32(41)39(23)28)36-19-26(27-11-4-5-16-34-27)25-10-6-8-21-7-2-3-9-24(21)25;;;/h2-12,15-16,18,26,28H,13-14,17,19H2,1H3,(H2,33,38)(H,35,36)(H,37,40);3*1H/t26-,28-;;;/m0.../s1. The van der Waals surface area contributed by atoms with Crippen molar-refractivity contribution >= 4 is 65.5 Å². The van der Waals surface area contributed by atoms with E-state index < -0.39 is 6.04 Å². The van der Waals surface area contributed by atoms with Crippen LogP contribution in [-0.4, -0.2) is 32.0 Å². The van der Waals surface area contributed by atoms with Gasteiger partial charge in [-0.05, 0) is 59.9 Å². The molecule has 0 saturated carbocycles. The van der Waals surface area contributed by atoms with Crippen molar-refractivity contribution in [2.75, 3.05) is 17.6 Å². The van der Waals surface area contributed by atoms with Crippen LogP contribution in [-0.2, 0) is 17.8 Å². The van der Waals surface area contributed by atoms with Crippen molar-refractivity contribution in [2.45, 2.75) is 38.3 Å². The van der Waals surface area contributed by atoms with E-state index >= 15 is 0 Å². The van der Waals surface area contributed by atoms with E-state index in [0.29, 0.717) is 31.7 Å². The first-order valence-electron chi connectivity index (χ1n) is 13.7. The zero-order chi connectivity index (χ0) is 28.3. The lowest BCUT2D eigenvalue weighted by Crippen LogP contribution is -2.36. The highest BCUT2D eigenvalue weighted by atomic mass is 35.5. The number of rotatable bonds is 8. The van der Waals surface area contributed by atoms with Crippen molar-refractivity contribution < 1.29 is 4.79 Å². The molecule has 6 rings (SSSR count). The van der Waals surface area contributed by atoms with E-state index in [-0.39, 0.29) is 60.4 Å². The van der Waals surface area contributed by atoms with E-state index in [1.165, 1.54) is 0 Å². The molecule has 0 radical (unpaired) electrons. The van der Waals surface area contributed by atoms with Crippen LogP contribution in [0.5, 0.6) is 0 Å². The first-order chi connectivity index (χ1) is 20.0. The van der Waals surface area contributed by atoms with Gasteiger partial charge in [-0.2, -0.15) is 0 Å². The molecule has 2 atom stereocenters. The molecule has 0 saturated heterocycles. The van der Waals surface area contributed by atoms with Gasteiger partial charge in [0.05, 0.1) is 0 Å². The number of hydrogen-bond acceptors (Lipinski definition) is 7. The fraction of sp³-hybridized carbons (Fsp3) is 0.219. The number of carbonyl (C=O) groups excluding carboxylic acids is 1. The minimum absolute atomic E-state index is 0. The van der Waals surface area contributed by atoms with Gasteiger partial charge in [0, 0.05) is 48.5 Å². The number of anilines is 2. The van der Waals surface area contributed by atoms with Crippen molar-refractivity contribution in [3.63, 3.8) is 0 Å². The second-order valence-electron chi connectivity index (χ2n) is 10.3. The summed E-state index contributed by atoms with van der Waals surface area (Å²) in [4.78, 5) is 40.2. The van der Waals surface area contributed by atoms with Gasteiger partial charge in [-0.15, -0.1) is 37.2 Å². The molecule has 0 unspecified atom stereocenters. The van der Waals surface area contributed by atoms with Gasteiger partial charge in [0.15, 0.2) is 5.82 Å². The van der Waals surface area contributed by atoms with Gasteiger partial charge < -0.3 is 16.4 Å². The van der Waals surface area contributed by atoms with Crippen molar-refractivity contribution in [1.29, 1.82) is 0 Å². The Hall–Kier alpha value is -4.18. The van der Waals surface area contributed by atoms with Crippen LogP contribution in [0.15, 0.2) is 90.0 Å². The van der Waals surface area contributed by atoms with Gasteiger partial charge in [-0.1, -0.05) is 54.6 Å². The lowest BCUT2D eigenvalue weighted by atomic mass is 9.90. The Balaban J connectivity index is 0.00000176. The molecule has 5 aromatic rings. The molecule has 9 nitrogen and oxygen atoms in total. The van der Waals surface area contributed by atoms with Gasteiger partial charge in [0.1, 0.15) is 11.9 Å². The van der Waals surface area contributed by atoms with Crippen molar-refractivity contribution in [3.8, 4) is 0 Å². The van der Waals surface area contributed by atoms with Crippen LogP contribution in [0.1, 0.15) is 46.6 Å². The van der Waals surface area contributed by atoms with E-state index in [0.717, 1.165) is 39.0 Å². The van der Waals surface area contributed by atoms with Crippen molar-refractivity contribution in [2.24, 2.45) is 0 Å². The third-order valence-electron chi connectivity index (χ3n) is 7.75. The summed E-state index contributed by atoms with van der Waals surface area (Å²) in [5.74, 6) is 0.319. The van der Waals surface area contributed by atoms with Crippen LogP contribution in [0.2, 0.25) is 0 Å². The summed E-state index contributed by atoms with van der Waals surface area (Å²) < 4.78 is 1.58. The zero-order valence-electron chi connectivity index (χ0n) is 24.0. The molecule has 4 heterocycles. The normalized spacial score (nSPS) is 13.9. The molecule has 4 N–H and O–H groups in total. The van der Waals surface area contributed by atoms with Crippen LogP contribution < -0.4 is 21.9 Å². The van der Waals surface area contributed by atoms with Gasteiger partial charge in [-0.25, -0.2) is 9.97 Å². The van der Waals surface area contributed by atoms with Gasteiger partial charge >= 0.3 is 0 Å². The van der Waals surface area contributed by atoms with Crippen LogP contribution >= 0.6 is 37.2 Å². The average Bonchev–Trinajstić information content (AvgIpc) is 3.43. The number of halogens is 3. The first kappa shape index (κ1) is 34.3. The predicted octanol–water partition coefficient (Wildman–Crippen LogP) is 5.39. The summed E-state index contributed by atoms with van der Waals surface area (Å²) in [6.07, 6.45) is 4.62. The molecule has 0 bridgehead atoms. The quantitative estimate of drug-likeness (QED) is 0.205. The maximum Gasteiger partial charge on any atom is 0.294 e. The lowest BCUT2D eigenvalue weighted by molar-refractivity contribution is -0.124. The highest BCUT2D eigenvalue weighted by Gasteiger charge is 2.31. The van der Waals surface area contributed by atoms with Crippen LogP contribution in [0.4, 0.5) is 11.6 Å². The Kier molecular flexibility index (Phi) is 11.7. The largest absolute Gasteiger partial charge is 0.384 e. The number of carbonyl (C=O) groups is 1. The molecule has 3 aromatic heterocycles. The number of hydrogen-bond donors (Lipinski definition) is 3. The molecular weight excluding hydrogens is 621 g/mol. The Morgan fingerprint density at radius 1 is 1.00 bits per heavy atom. The van der Waals surface area contributed by atoms with E-state index in [2.05, 4.69) is 49.9 Å². The summed E-state index contributed by atoms with van der Waals surface area (Å²) in [7, 11) is 0. The third kappa shape index (κ3) is 6.96. The highest BCUT2D eigenvalue weighted by Crippen LogP contribution is 2.30. The third-order valence-corrected chi connectivity index (χ3v) is 7.75. The zero-order valence-corrected chi connectivity index (χ0v) is 26.4. The lowest BCUT2D eigenvalue weighted by Gasteiger charge is -2.21. The van der Waals surface area contributed by atoms with Crippen LogP contribution in [0, 0.1) is 6.92 Å². The average molecular weight is 655 g/mol. The Morgan fingerprint density at radius 3 is 2.55 bits per heavy atom. The summed E-state index contributed by atoms with van der Waals surface area (Å²) in [5.41, 5.74) is 9.84. The molecule has 0 aliphatic carbocycles. The van der Waals surface area contributed by atoms with Crippen molar-refractivity contribution in [1.82, 2.24) is 24.8 Å². The van der Waals surface area contributed by atoms with Gasteiger partial charge in [0.25, 0.3) is 5.56 Å². The minimum atomic E-state index is -0.604.